The molecule has 25 heavy (non-hydrogen) atoms. The van der Waals surface area contributed by atoms with Gasteiger partial charge in [0.15, 0.2) is 0 Å². The molecule has 1 heterocycles. The van der Waals surface area contributed by atoms with E-state index in [0.29, 0.717) is 11.1 Å². The van der Waals surface area contributed by atoms with Gasteiger partial charge in [0.25, 0.3) is 11.8 Å². The summed E-state index contributed by atoms with van der Waals surface area (Å²) in [7, 11) is 0. The van der Waals surface area contributed by atoms with Crippen LogP contribution in [0.2, 0.25) is 0 Å². The normalized spacial score (nSPS) is 19.7. The van der Waals surface area contributed by atoms with Crippen LogP contribution in [0.3, 0.4) is 0 Å². The fourth-order valence-corrected chi connectivity index (χ4v) is 2.82. The lowest BCUT2D eigenvalue weighted by Crippen LogP contribution is -2.40. The molecular formula is C18H17N3O4. The quantitative estimate of drug-likeness (QED) is 0.449. The minimum Gasteiger partial charge on any atom is -0.319 e. The maximum absolute atomic E-state index is 12.8. The van der Waals surface area contributed by atoms with Gasteiger partial charge in [-0.2, -0.15) is 0 Å². The van der Waals surface area contributed by atoms with Crippen molar-refractivity contribution in [2.24, 2.45) is 0 Å². The highest BCUT2D eigenvalue weighted by atomic mass is 16.5. The van der Waals surface area contributed by atoms with Crippen LogP contribution >= 0.6 is 0 Å². The summed E-state index contributed by atoms with van der Waals surface area (Å²) in [5, 5.41) is 11.4. The zero-order chi connectivity index (χ0) is 18.0. The van der Waals surface area contributed by atoms with Crippen molar-refractivity contribution in [3.8, 4) is 0 Å². The van der Waals surface area contributed by atoms with Crippen LogP contribution in [0.1, 0.15) is 28.4 Å². The lowest BCUT2D eigenvalue weighted by Gasteiger charge is -2.22. The summed E-state index contributed by atoms with van der Waals surface area (Å²) in [6.07, 6.45) is 0. The molecule has 2 aromatic carbocycles. The number of benzene rings is 2. The topological polar surface area (TPSA) is 98.7 Å². The molecular weight excluding hydrogens is 322 g/mol. The molecule has 1 saturated heterocycles. The van der Waals surface area contributed by atoms with Gasteiger partial charge in [-0.05, 0) is 30.2 Å². The number of imide groups is 1. The van der Waals surface area contributed by atoms with E-state index in [0.717, 1.165) is 4.90 Å². The molecule has 1 aliphatic rings. The van der Waals surface area contributed by atoms with E-state index in [2.05, 4.69) is 5.32 Å². The number of carbonyl (C=O) groups excluding carboxylic acids is 3. The van der Waals surface area contributed by atoms with Crippen molar-refractivity contribution in [1.29, 1.82) is 0 Å². The van der Waals surface area contributed by atoms with Crippen LogP contribution in [0.4, 0.5) is 4.79 Å². The minimum atomic E-state index is -1.10. The fourth-order valence-electron chi connectivity index (χ4n) is 2.82. The Morgan fingerprint density at radius 2 is 1.76 bits per heavy atom. The standard InChI is InChI=1S/C18H17N3O4/c1-18(14-5-3-2-4-6-14)16(23)21(17(24)19-18)11-12-7-9-13(10-8-12)15(22)20-25/h2-10,25H,11H2,1H3,(H,19,24)(H,20,22). The number of hydrogen-bond donors (Lipinski definition) is 3. The van der Waals surface area contributed by atoms with Gasteiger partial charge in [0, 0.05) is 5.56 Å². The van der Waals surface area contributed by atoms with Crippen LogP contribution < -0.4 is 10.8 Å². The summed E-state index contributed by atoms with van der Waals surface area (Å²) in [5.41, 5.74) is 2.13. The smallest absolute Gasteiger partial charge is 0.319 e. The molecule has 0 bridgehead atoms. The number of amides is 4. The summed E-state index contributed by atoms with van der Waals surface area (Å²) in [6, 6.07) is 14.9. The van der Waals surface area contributed by atoms with E-state index in [4.69, 9.17) is 5.21 Å². The lowest BCUT2D eigenvalue weighted by atomic mass is 9.92. The average Bonchev–Trinajstić information content (AvgIpc) is 2.86. The summed E-state index contributed by atoms with van der Waals surface area (Å²) in [4.78, 5) is 37.6. The highest BCUT2D eigenvalue weighted by molar-refractivity contribution is 6.07. The van der Waals surface area contributed by atoms with Gasteiger partial charge in [-0.25, -0.2) is 10.3 Å². The van der Waals surface area contributed by atoms with E-state index in [1.165, 1.54) is 12.1 Å². The first-order chi connectivity index (χ1) is 12.0. The lowest BCUT2D eigenvalue weighted by molar-refractivity contribution is -0.131. The summed E-state index contributed by atoms with van der Waals surface area (Å²) in [5.74, 6) is -0.959. The van der Waals surface area contributed by atoms with Crippen molar-refractivity contribution in [3.63, 3.8) is 0 Å². The van der Waals surface area contributed by atoms with Crippen molar-refractivity contribution in [1.82, 2.24) is 15.7 Å². The Morgan fingerprint density at radius 3 is 2.36 bits per heavy atom. The monoisotopic (exact) mass is 339 g/mol. The zero-order valence-electron chi connectivity index (χ0n) is 13.5. The Morgan fingerprint density at radius 1 is 1.12 bits per heavy atom. The molecule has 7 heteroatoms. The van der Waals surface area contributed by atoms with E-state index < -0.39 is 17.5 Å². The molecule has 1 unspecified atom stereocenters. The van der Waals surface area contributed by atoms with Crippen LogP contribution in [0.5, 0.6) is 0 Å². The molecule has 3 N–H and O–H groups in total. The molecule has 0 spiro atoms. The molecule has 128 valence electrons. The molecule has 1 aliphatic heterocycles. The summed E-state index contributed by atoms with van der Waals surface area (Å²) < 4.78 is 0. The molecule has 1 atom stereocenters. The van der Waals surface area contributed by atoms with Gasteiger partial charge in [-0.1, -0.05) is 42.5 Å². The van der Waals surface area contributed by atoms with Crippen molar-refractivity contribution in [3.05, 3.63) is 71.3 Å². The predicted molar refractivity (Wildman–Crippen MR) is 88.6 cm³/mol. The van der Waals surface area contributed by atoms with E-state index in [1.807, 2.05) is 18.2 Å². The van der Waals surface area contributed by atoms with Gasteiger partial charge in [0.2, 0.25) is 0 Å². The van der Waals surface area contributed by atoms with Gasteiger partial charge in [-0.3, -0.25) is 19.7 Å². The largest absolute Gasteiger partial charge is 0.325 e. The van der Waals surface area contributed by atoms with Crippen molar-refractivity contribution < 1.29 is 19.6 Å². The second-order valence-electron chi connectivity index (χ2n) is 5.95. The summed E-state index contributed by atoms with van der Waals surface area (Å²) in [6.45, 7) is 1.77. The van der Waals surface area contributed by atoms with Gasteiger partial charge < -0.3 is 5.32 Å². The van der Waals surface area contributed by atoms with Gasteiger partial charge in [0.05, 0.1) is 6.54 Å². The first-order valence-electron chi connectivity index (χ1n) is 7.69. The first-order valence-corrected chi connectivity index (χ1v) is 7.69. The second kappa shape index (κ2) is 6.37. The molecule has 4 amide bonds. The van der Waals surface area contributed by atoms with Gasteiger partial charge in [-0.15, -0.1) is 0 Å². The molecule has 1 fully saturated rings. The van der Waals surface area contributed by atoms with Crippen LogP contribution in [0.25, 0.3) is 0 Å². The van der Waals surface area contributed by atoms with Gasteiger partial charge >= 0.3 is 6.03 Å². The predicted octanol–water partition coefficient (Wildman–Crippen LogP) is 1.77. The number of nitrogens with zero attached hydrogens (tertiary/aromatic N) is 1. The Hall–Kier alpha value is -3.19. The van der Waals surface area contributed by atoms with E-state index in [-0.39, 0.29) is 18.0 Å². The highest BCUT2D eigenvalue weighted by Gasteiger charge is 2.48. The molecule has 0 radical (unpaired) electrons. The first kappa shape index (κ1) is 16.7. The Balaban J connectivity index is 1.81. The van der Waals surface area contributed by atoms with E-state index in [9.17, 15) is 14.4 Å². The Labute approximate surface area is 144 Å². The van der Waals surface area contributed by atoms with Gasteiger partial charge in [0.1, 0.15) is 5.54 Å². The molecule has 2 aromatic rings. The second-order valence-corrected chi connectivity index (χ2v) is 5.95. The number of rotatable bonds is 4. The van der Waals surface area contributed by atoms with Crippen LogP contribution in [-0.4, -0.2) is 28.0 Å². The minimum absolute atomic E-state index is 0.0914. The van der Waals surface area contributed by atoms with Crippen LogP contribution in [-0.2, 0) is 16.9 Å². The van der Waals surface area contributed by atoms with E-state index in [1.54, 1.807) is 36.7 Å². The molecule has 7 nitrogen and oxygen atoms in total. The highest BCUT2D eigenvalue weighted by Crippen LogP contribution is 2.29. The molecule has 3 rings (SSSR count). The van der Waals surface area contributed by atoms with Crippen molar-refractivity contribution >= 4 is 17.8 Å². The SMILES string of the molecule is CC1(c2ccccc2)NC(=O)N(Cc2ccc(C(=O)NO)cc2)C1=O. The molecule has 0 aliphatic carbocycles. The third-order valence-electron chi connectivity index (χ3n) is 4.28. The molecule has 0 aromatic heterocycles. The number of hydrogen-bond acceptors (Lipinski definition) is 4. The van der Waals surface area contributed by atoms with E-state index >= 15 is 0 Å². The maximum atomic E-state index is 12.8. The average molecular weight is 339 g/mol. The fraction of sp³-hybridized carbons (Fsp3) is 0.167. The van der Waals surface area contributed by atoms with Crippen LogP contribution in [0.15, 0.2) is 54.6 Å². The van der Waals surface area contributed by atoms with Crippen molar-refractivity contribution in [2.45, 2.75) is 19.0 Å². The maximum Gasteiger partial charge on any atom is 0.325 e. The Bertz CT molecular complexity index is 820. The number of urea groups is 1. The summed E-state index contributed by atoms with van der Waals surface area (Å²) >= 11 is 0. The number of hydroxylamine groups is 1. The number of carbonyl (C=O) groups is 3. The molecule has 0 saturated carbocycles. The Kier molecular flexibility index (Phi) is 4.24. The van der Waals surface area contributed by atoms with Crippen molar-refractivity contribution in [2.75, 3.05) is 0 Å². The third-order valence-corrected chi connectivity index (χ3v) is 4.28. The number of nitrogens with one attached hydrogen (secondary N) is 2. The van der Waals surface area contributed by atoms with Crippen LogP contribution in [0, 0.1) is 0 Å². The third kappa shape index (κ3) is 2.97. The zero-order valence-corrected chi connectivity index (χ0v) is 13.5.